The molecule has 0 radical (unpaired) electrons. The van der Waals surface area contributed by atoms with E-state index >= 15 is 0 Å². The number of hydrogen-bond donors (Lipinski definition) is 0. The van der Waals surface area contributed by atoms with Gasteiger partial charge in [0.25, 0.3) is 5.97 Å². The highest BCUT2D eigenvalue weighted by molar-refractivity contribution is 6.66. The van der Waals surface area contributed by atoms with Crippen molar-refractivity contribution in [2.75, 3.05) is 19.8 Å². The van der Waals surface area contributed by atoms with E-state index in [1.165, 1.54) is 0 Å². The summed E-state index contributed by atoms with van der Waals surface area (Å²) >= 11 is 0. The van der Waals surface area contributed by atoms with E-state index in [2.05, 4.69) is 6.55 Å². The second kappa shape index (κ2) is 6.12. The van der Waals surface area contributed by atoms with Gasteiger partial charge in [-0.2, -0.15) is 0 Å². The van der Waals surface area contributed by atoms with Crippen LogP contribution in [0.15, 0.2) is 0 Å². The first-order valence-corrected chi connectivity index (χ1v) is 8.74. The van der Waals surface area contributed by atoms with Crippen molar-refractivity contribution < 1.29 is 18.3 Å². The zero-order valence-corrected chi connectivity index (χ0v) is 11.9. The molecular formula is C11H24O4Si. The summed E-state index contributed by atoms with van der Waals surface area (Å²) in [5.41, 5.74) is 0. The summed E-state index contributed by atoms with van der Waals surface area (Å²) in [5.74, 6) is -0.849. The van der Waals surface area contributed by atoms with Gasteiger partial charge in [0.05, 0.1) is 0 Å². The van der Waals surface area contributed by atoms with Gasteiger partial charge < -0.3 is 18.3 Å². The minimum absolute atomic E-state index is 0.594. The SMILES string of the molecule is CCOC1(OCC)CCC[Si](C)(OCC)O1. The van der Waals surface area contributed by atoms with Crippen molar-refractivity contribution in [1.82, 2.24) is 0 Å². The van der Waals surface area contributed by atoms with Gasteiger partial charge in [0.15, 0.2) is 0 Å². The second-order valence-electron chi connectivity index (χ2n) is 4.07. The highest BCUT2D eigenvalue weighted by atomic mass is 28.4. The topological polar surface area (TPSA) is 36.9 Å². The fourth-order valence-corrected chi connectivity index (χ4v) is 4.76. The van der Waals surface area contributed by atoms with Crippen LogP contribution in [0, 0.1) is 0 Å². The van der Waals surface area contributed by atoms with Crippen LogP contribution in [0.3, 0.4) is 0 Å². The lowest BCUT2D eigenvalue weighted by molar-refractivity contribution is -0.358. The molecular weight excluding hydrogens is 224 g/mol. The Hall–Kier alpha value is 0.0569. The molecule has 1 aliphatic heterocycles. The fraction of sp³-hybridized carbons (Fsp3) is 1.00. The predicted molar refractivity (Wildman–Crippen MR) is 64.4 cm³/mol. The molecule has 16 heavy (non-hydrogen) atoms. The fourth-order valence-electron chi connectivity index (χ4n) is 2.15. The van der Waals surface area contributed by atoms with Crippen molar-refractivity contribution in [2.45, 2.75) is 52.2 Å². The number of ether oxygens (including phenoxy) is 2. The Morgan fingerprint density at radius 2 is 1.75 bits per heavy atom. The Morgan fingerprint density at radius 1 is 1.12 bits per heavy atom. The Morgan fingerprint density at radius 3 is 2.25 bits per heavy atom. The lowest BCUT2D eigenvalue weighted by Gasteiger charge is -2.43. The van der Waals surface area contributed by atoms with E-state index in [4.69, 9.17) is 18.3 Å². The van der Waals surface area contributed by atoms with Crippen LogP contribution in [-0.2, 0) is 18.3 Å². The molecule has 0 aromatic heterocycles. The molecule has 0 aromatic carbocycles. The van der Waals surface area contributed by atoms with Gasteiger partial charge in [0.1, 0.15) is 0 Å². The predicted octanol–water partition coefficient (Wildman–Crippen LogP) is 2.63. The van der Waals surface area contributed by atoms with E-state index in [1.807, 2.05) is 20.8 Å². The minimum Gasteiger partial charge on any atom is -0.395 e. The van der Waals surface area contributed by atoms with Gasteiger partial charge in [-0.3, -0.25) is 0 Å². The third-order valence-electron chi connectivity index (χ3n) is 2.66. The van der Waals surface area contributed by atoms with Crippen LogP contribution in [0.25, 0.3) is 0 Å². The lowest BCUT2D eigenvalue weighted by Crippen LogP contribution is -2.55. The van der Waals surface area contributed by atoms with E-state index in [1.54, 1.807) is 0 Å². The molecule has 96 valence electrons. The molecule has 0 aromatic rings. The third-order valence-corrected chi connectivity index (χ3v) is 5.57. The van der Waals surface area contributed by atoms with Crippen molar-refractivity contribution in [2.24, 2.45) is 0 Å². The molecule has 1 saturated heterocycles. The van der Waals surface area contributed by atoms with E-state index in [0.29, 0.717) is 19.8 Å². The van der Waals surface area contributed by atoms with Gasteiger partial charge in [-0.1, -0.05) is 0 Å². The number of hydrogen-bond acceptors (Lipinski definition) is 4. The van der Waals surface area contributed by atoms with Gasteiger partial charge in [0.2, 0.25) is 0 Å². The third kappa shape index (κ3) is 3.53. The zero-order valence-electron chi connectivity index (χ0n) is 10.9. The Bertz CT molecular complexity index is 197. The van der Waals surface area contributed by atoms with Gasteiger partial charge in [-0.15, -0.1) is 0 Å². The molecule has 0 bridgehead atoms. The summed E-state index contributed by atoms with van der Waals surface area (Å²) in [7, 11) is -2.10. The highest BCUT2D eigenvalue weighted by Crippen LogP contribution is 2.36. The first-order valence-electron chi connectivity index (χ1n) is 6.22. The first kappa shape index (κ1) is 14.1. The van der Waals surface area contributed by atoms with Gasteiger partial charge in [0, 0.05) is 26.2 Å². The molecule has 0 N–H and O–H groups in total. The normalized spacial score (nSPS) is 29.2. The summed E-state index contributed by atoms with van der Waals surface area (Å²) < 4.78 is 23.2. The number of rotatable bonds is 6. The maximum Gasteiger partial charge on any atom is 0.339 e. The summed E-state index contributed by atoms with van der Waals surface area (Å²) in [6.45, 7) is 9.88. The Kier molecular flexibility index (Phi) is 5.40. The van der Waals surface area contributed by atoms with Crippen LogP contribution in [-0.4, -0.2) is 34.4 Å². The molecule has 0 saturated carbocycles. The smallest absolute Gasteiger partial charge is 0.339 e. The van der Waals surface area contributed by atoms with Crippen LogP contribution < -0.4 is 0 Å². The monoisotopic (exact) mass is 248 g/mol. The molecule has 1 fully saturated rings. The lowest BCUT2D eigenvalue weighted by atomic mass is 10.3. The van der Waals surface area contributed by atoms with Crippen LogP contribution >= 0.6 is 0 Å². The molecule has 4 nitrogen and oxygen atoms in total. The van der Waals surface area contributed by atoms with E-state index in [-0.39, 0.29) is 0 Å². The van der Waals surface area contributed by atoms with Crippen LogP contribution in [0.4, 0.5) is 0 Å². The van der Waals surface area contributed by atoms with Crippen molar-refractivity contribution in [1.29, 1.82) is 0 Å². The maximum atomic E-state index is 6.06. The van der Waals surface area contributed by atoms with E-state index < -0.39 is 14.5 Å². The van der Waals surface area contributed by atoms with Gasteiger partial charge in [-0.25, -0.2) is 0 Å². The van der Waals surface area contributed by atoms with Crippen LogP contribution in [0.2, 0.25) is 12.6 Å². The summed E-state index contributed by atoms with van der Waals surface area (Å²) in [6.07, 6.45) is 1.84. The van der Waals surface area contributed by atoms with Gasteiger partial charge >= 0.3 is 8.56 Å². The van der Waals surface area contributed by atoms with Crippen molar-refractivity contribution in [3.8, 4) is 0 Å². The van der Waals surface area contributed by atoms with Crippen molar-refractivity contribution >= 4 is 8.56 Å². The van der Waals surface area contributed by atoms with Gasteiger partial charge in [-0.05, 0) is 39.8 Å². The molecule has 1 heterocycles. The molecule has 0 amide bonds. The molecule has 1 rings (SSSR count). The maximum absolute atomic E-state index is 6.06. The average molecular weight is 248 g/mol. The Balaban J connectivity index is 2.69. The summed E-state index contributed by atoms with van der Waals surface area (Å²) in [6, 6.07) is 1.02. The van der Waals surface area contributed by atoms with Crippen molar-refractivity contribution in [3.63, 3.8) is 0 Å². The van der Waals surface area contributed by atoms with E-state index in [0.717, 1.165) is 18.9 Å². The molecule has 5 heteroatoms. The Labute approximate surface area is 99.5 Å². The minimum atomic E-state index is -2.10. The average Bonchev–Trinajstić information content (AvgIpc) is 2.18. The molecule has 1 unspecified atom stereocenters. The largest absolute Gasteiger partial charge is 0.395 e. The molecule has 0 aliphatic carbocycles. The van der Waals surface area contributed by atoms with Crippen LogP contribution in [0.5, 0.6) is 0 Å². The van der Waals surface area contributed by atoms with Crippen LogP contribution in [0.1, 0.15) is 33.6 Å². The van der Waals surface area contributed by atoms with Crippen molar-refractivity contribution in [3.05, 3.63) is 0 Å². The molecule has 0 spiro atoms. The molecule has 1 aliphatic rings. The second-order valence-corrected chi connectivity index (χ2v) is 7.33. The highest BCUT2D eigenvalue weighted by Gasteiger charge is 2.48. The summed E-state index contributed by atoms with van der Waals surface area (Å²) in [4.78, 5) is 0. The zero-order chi connectivity index (χ0) is 12.1. The summed E-state index contributed by atoms with van der Waals surface area (Å²) in [5, 5.41) is 0. The standard InChI is InChI=1S/C11H24O4Si/c1-5-12-11(13-6-2)9-8-10-16(4,15-11)14-7-3/h5-10H2,1-4H3. The van der Waals surface area contributed by atoms with E-state index in [9.17, 15) is 0 Å². The first-order chi connectivity index (χ1) is 7.60. The molecule has 1 atom stereocenters. The quantitative estimate of drug-likeness (QED) is 0.535.